The molecule has 19 heavy (non-hydrogen) atoms. The molecule has 0 aromatic heterocycles. The molecule has 0 unspecified atom stereocenters. The van der Waals surface area contributed by atoms with Gasteiger partial charge in [-0.05, 0) is 19.3 Å². The van der Waals surface area contributed by atoms with Gasteiger partial charge in [-0.1, -0.05) is 12.8 Å². The second-order valence-corrected chi connectivity index (χ2v) is 4.83. The van der Waals surface area contributed by atoms with E-state index in [1.807, 2.05) is 0 Å². The summed E-state index contributed by atoms with van der Waals surface area (Å²) in [5, 5.41) is 14.4. The van der Waals surface area contributed by atoms with E-state index in [9.17, 15) is 14.4 Å². The van der Waals surface area contributed by atoms with Crippen LogP contribution in [0.25, 0.3) is 0 Å². The van der Waals surface area contributed by atoms with Gasteiger partial charge in [-0.15, -0.1) is 0 Å². The van der Waals surface area contributed by atoms with E-state index in [4.69, 9.17) is 10.8 Å². The number of aliphatic carboxylic acids is 1. The van der Waals surface area contributed by atoms with E-state index in [0.717, 1.165) is 25.7 Å². The number of hydrogen-bond donors (Lipinski definition) is 4. The van der Waals surface area contributed by atoms with Gasteiger partial charge in [0.25, 0.3) is 0 Å². The zero-order valence-corrected chi connectivity index (χ0v) is 10.9. The van der Waals surface area contributed by atoms with Crippen molar-refractivity contribution >= 4 is 17.8 Å². The molecule has 1 saturated carbocycles. The summed E-state index contributed by atoms with van der Waals surface area (Å²) in [4.78, 5) is 33.1. The minimum Gasteiger partial charge on any atom is -0.480 e. The van der Waals surface area contributed by atoms with Crippen LogP contribution >= 0.6 is 0 Å². The fraction of sp³-hybridized carbons (Fsp3) is 0.750. The SMILES string of the molecule is NC(=O)CC[C@@H](NC(=O)CNC1CCCC1)C(=O)O. The Hall–Kier alpha value is -1.63. The molecule has 7 nitrogen and oxygen atoms in total. The predicted octanol–water partition coefficient (Wildman–Crippen LogP) is -0.646. The second kappa shape index (κ2) is 7.73. The average molecular weight is 271 g/mol. The smallest absolute Gasteiger partial charge is 0.326 e. The molecule has 108 valence electrons. The van der Waals surface area contributed by atoms with Crippen LogP contribution < -0.4 is 16.4 Å². The van der Waals surface area contributed by atoms with Gasteiger partial charge >= 0.3 is 5.97 Å². The third-order valence-electron chi connectivity index (χ3n) is 3.22. The maximum atomic E-state index is 11.6. The van der Waals surface area contributed by atoms with Gasteiger partial charge < -0.3 is 21.5 Å². The highest BCUT2D eigenvalue weighted by molar-refractivity contribution is 5.85. The highest BCUT2D eigenvalue weighted by Gasteiger charge is 2.21. The molecule has 0 saturated heterocycles. The largest absolute Gasteiger partial charge is 0.480 e. The molecule has 1 fully saturated rings. The first kappa shape index (κ1) is 15.4. The maximum Gasteiger partial charge on any atom is 0.326 e. The molecule has 0 heterocycles. The molecule has 0 spiro atoms. The van der Waals surface area contributed by atoms with Crippen LogP contribution in [0.4, 0.5) is 0 Å². The lowest BCUT2D eigenvalue weighted by Gasteiger charge is -2.16. The van der Waals surface area contributed by atoms with Crippen molar-refractivity contribution in [2.45, 2.75) is 50.6 Å². The summed E-state index contributed by atoms with van der Waals surface area (Å²) >= 11 is 0. The summed E-state index contributed by atoms with van der Waals surface area (Å²) < 4.78 is 0. The molecule has 2 amide bonds. The van der Waals surface area contributed by atoms with Crippen molar-refractivity contribution in [3.63, 3.8) is 0 Å². The van der Waals surface area contributed by atoms with Crippen molar-refractivity contribution in [1.82, 2.24) is 10.6 Å². The van der Waals surface area contributed by atoms with Gasteiger partial charge in [-0.25, -0.2) is 4.79 Å². The zero-order chi connectivity index (χ0) is 14.3. The van der Waals surface area contributed by atoms with Gasteiger partial charge in [-0.2, -0.15) is 0 Å². The molecular formula is C12H21N3O4. The van der Waals surface area contributed by atoms with Crippen molar-refractivity contribution < 1.29 is 19.5 Å². The van der Waals surface area contributed by atoms with Gasteiger partial charge in [0.1, 0.15) is 6.04 Å². The van der Waals surface area contributed by atoms with E-state index >= 15 is 0 Å². The van der Waals surface area contributed by atoms with Crippen LogP contribution in [0.5, 0.6) is 0 Å². The number of nitrogens with one attached hydrogen (secondary N) is 2. The first-order chi connectivity index (χ1) is 8.99. The van der Waals surface area contributed by atoms with Gasteiger partial charge in [0.05, 0.1) is 6.54 Å². The van der Waals surface area contributed by atoms with E-state index in [0.29, 0.717) is 6.04 Å². The first-order valence-corrected chi connectivity index (χ1v) is 6.53. The number of amides is 2. The minimum atomic E-state index is -1.16. The van der Waals surface area contributed by atoms with Crippen LogP contribution in [0.1, 0.15) is 38.5 Å². The molecule has 7 heteroatoms. The molecule has 0 aliphatic heterocycles. The molecule has 0 radical (unpaired) electrons. The van der Waals surface area contributed by atoms with Crippen molar-refractivity contribution in [3.05, 3.63) is 0 Å². The number of carbonyl (C=O) groups is 3. The van der Waals surface area contributed by atoms with Crippen LogP contribution in [0.3, 0.4) is 0 Å². The Morgan fingerprint density at radius 2 is 1.89 bits per heavy atom. The first-order valence-electron chi connectivity index (χ1n) is 6.53. The molecule has 1 aliphatic carbocycles. The third-order valence-corrected chi connectivity index (χ3v) is 3.22. The van der Waals surface area contributed by atoms with E-state index in [-0.39, 0.29) is 25.3 Å². The molecule has 1 rings (SSSR count). The van der Waals surface area contributed by atoms with Crippen LogP contribution in [0.15, 0.2) is 0 Å². The van der Waals surface area contributed by atoms with Crippen molar-refractivity contribution in [2.24, 2.45) is 5.73 Å². The fourth-order valence-corrected chi connectivity index (χ4v) is 2.16. The Bertz CT molecular complexity index is 340. The van der Waals surface area contributed by atoms with Gasteiger partial charge in [0, 0.05) is 12.5 Å². The summed E-state index contributed by atoms with van der Waals surface area (Å²) in [5.41, 5.74) is 4.96. The summed E-state index contributed by atoms with van der Waals surface area (Å²) in [6.07, 6.45) is 4.38. The zero-order valence-electron chi connectivity index (χ0n) is 10.9. The lowest BCUT2D eigenvalue weighted by molar-refractivity contribution is -0.142. The van der Waals surface area contributed by atoms with Crippen LogP contribution in [0.2, 0.25) is 0 Å². The summed E-state index contributed by atoms with van der Waals surface area (Å²) in [6.45, 7) is 0.102. The van der Waals surface area contributed by atoms with E-state index in [1.165, 1.54) is 0 Å². The Morgan fingerprint density at radius 1 is 1.26 bits per heavy atom. The van der Waals surface area contributed by atoms with E-state index < -0.39 is 17.9 Å². The normalized spacial score (nSPS) is 17.1. The number of carbonyl (C=O) groups excluding carboxylic acids is 2. The molecular weight excluding hydrogens is 250 g/mol. The Morgan fingerprint density at radius 3 is 2.42 bits per heavy atom. The van der Waals surface area contributed by atoms with Crippen molar-refractivity contribution in [3.8, 4) is 0 Å². The van der Waals surface area contributed by atoms with Crippen LogP contribution in [-0.4, -0.2) is 41.5 Å². The Balaban J connectivity index is 2.29. The Labute approximate surface area is 111 Å². The predicted molar refractivity (Wildman–Crippen MR) is 68.3 cm³/mol. The quantitative estimate of drug-likeness (QED) is 0.467. The number of nitrogens with two attached hydrogens (primary N) is 1. The van der Waals surface area contributed by atoms with E-state index in [1.54, 1.807) is 0 Å². The summed E-state index contributed by atoms with van der Waals surface area (Å²) in [5.74, 6) is -2.11. The number of rotatable bonds is 8. The lowest BCUT2D eigenvalue weighted by atomic mass is 10.1. The highest BCUT2D eigenvalue weighted by atomic mass is 16.4. The van der Waals surface area contributed by atoms with Crippen molar-refractivity contribution in [1.29, 1.82) is 0 Å². The number of carboxylic acids is 1. The summed E-state index contributed by atoms with van der Waals surface area (Å²) in [7, 11) is 0. The van der Waals surface area contributed by atoms with Crippen molar-refractivity contribution in [2.75, 3.05) is 6.54 Å². The molecule has 1 atom stereocenters. The van der Waals surface area contributed by atoms with Crippen LogP contribution in [0, 0.1) is 0 Å². The molecule has 0 aromatic carbocycles. The number of carboxylic acid groups (broad SMARTS) is 1. The standard InChI is InChI=1S/C12H21N3O4/c13-10(16)6-5-9(12(18)19)15-11(17)7-14-8-3-1-2-4-8/h8-9,14H,1-7H2,(H2,13,16)(H,15,17)(H,18,19)/t9-/m1/s1. The average Bonchev–Trinajstić information content (AvgIpc) is 2.84. The number of hydrogen-bond acceptors (Lipinski definition) is 4. The highest BCUT2D eigenvalue weighted by Crippen LogP contribution is 2.17. The van der Waals surface area contributed by atoms with Gasteiger partial charge in [0.15, 0.2) is 0 Å². The number of primary amides is 1. The Kier molecular flexibility index (Phi) is 6.27. The molecule has 5 N–H and O–H groups in total. The van der Waals surface area contributed by atoms with Gasteiger partial charge in [0.2, 0.25) is 11.8 Å². The summed E-state index contributed by atoms with van der Waals surface area (Å²) in [6, 6.07) is -0.718. The van der Waals surface area contributed by atoms with Crippen LogP contribution in [-0.2, 0) is 14.4 Å². The minimum absolute atomic E-state index is 0.0137. The molecule has 0 aromatic rings. The second-order valence-electron chi connectivity index (χ2n) is 4.83. The topological polar surface area (TPSA) is 122 Å². The lowest BCUT2D eigenvalue weighted by Crippen LogP contribution is -2.46. The monoisotopic (exact) mass is 271 g/mol. The molecule has 0 bridgehead atoms. The molecule has 1 aliphatic rings. The maximum absolute atomic E-state index is 11.6. The fourth-order valence-electron chi connectivity index (χ4n) is 2.16. The van der Waals surface area contributed by atoms with Gasteiger partial charge in [-0.3, -0.25) is 9.59 Å². The van der Waals surface area contributed by atoms with E-state index in [2.05, 4.69) is 10.6 Å². The third kappa shape index (κ3) is 6.19.